The molecule has 1 saturated carbocycles. The fourth-order valence-electron chi connectivity index (χ4n) is 1.83. The van der Waals surface area contributed by atoms with Crippen LogP contribution in [0.1, 0.15) is 51.2 Å². The molecule has 2 nitrogen and oxygen atoms in total. The van der Waals surface area contributed by atoms with Crippen LogP contribution in [0.2, 0.25) is 0 Å². The van der Waals surface area contributed by atoms with E-state index in [2.05, 4.69) is 13.8 Å². The Kier molecular flexibility index (Phi) is 4.06. The van der Waals surface area contributed by atoms with Gasteiger partial charge in [0.25, 0.3) is 0 Å². The van der Waals surface area contributed by atoms with Crippen molar-refractivity contribution < 1.29 is 9.84 Å². The Hall–Kier alpha value is -1.02. The summed E-state index contributed by atoms with van der Waals surface area (Å²) in [6, 6.07) is 7.89. The molecule has 0 bridgehead atoms. The van der Waals surface area contributed by atoms with Crippen molar-refractivity contribution in [1.82, 2.24) is 0 Å². The number of rotatable bonds is 6. The quantitative estimate of drug-likeness (QED) is 0.813. The second kappa shape index (κ2) is 5.54. The number of aliphatic hydroxyl groups excluding tert-OH is 1. The van der Waals surface area contributed by atoms with Crippen molar-refractivity contribution in [3.8, 4) is 5.75 Å². The monoisotopic (exact) mass is 234 g/mol. The van der Waals surface area contributed by atoms with Crippen molar-refractivity contribution in [1.29, 1.82) is 0 Å². The Morgan fingerprint density at radius 1 is 1.29 bits per heavy atom. The fourth-order valence-corrected chi connectivity index (χ4v) is 1.83. The molecule has 0 heterocycles. The van der Waals surface area contributed by atoms with Crippen LogP contribution < -0.4 is 4.74 Å². The van der Waals surface area contributed by atoms with Crippen LogP contribution in [0.3, 0.4) is 0 Å². The van der Waals surface area contributed by atoms with Gasteiger partial charge in [-0.05, 0) is 42.9 Å². The van der Waals surface area contributed by atoms with Crippen molar-refractivity contribution in [2.45, 2.75) is 51.7 Å². The molecular formula is C15H22O2. The van der Waals surface area contributed by atoms with E-state index in [0.29, 0.717) is 12.0 Å². The zero-order chi connectivity index (χ0) is 12.3. The maximum atomic E-state index is 10.1. The highest BCUT2D eigenvalue weighted by Crippen LogP contribution is 2.28. The van der Waals surface area contributed by atoms with Crippen LogP contribution in [-0.2, 0) is 0 Å². The zero-order valence-electron chi connectivity index (χ0n) is 10.7. The van der Waals surface area contributed by atoms with Gasteiger partial charge < -0.3 is 9.84 Å². The van der Waals surface area contributed by atoms with Crippen LogP contribution in [0, 0.1) is 5.92 Å². The number of benzene rings is 1. The highest BCUT2D eigenvalue weighted by Gasteiger charge is 2.23. The Balaban J connectivity index is 1.91. The molecule has 1 aliphatic rings. The molecule has 1 fully saturated rings. The lowest BCUT2D eigenvalue weighted by molar-refractivity contribution is 0.146. The summed E-state index contributed by atoms with van der Waals surface area (Å²) in [7, 11) is 0. The zero-order valence-corrected chi connectivity index (χ0v) is 10.7. The molecule has 2 rings (SSSR count). The van der Waals surface area contributed by atoms with Gasteiger partial charge in [0.1, 0.15) is 5.75 Å². The Morgan fingerprint density at radius 2 is 1.94 bits per heavy atom. The van der Waals surface area contributed by atoms with Crippen molar-refractivity contribution >= 4 is 0 Å². The van der Waals surface area contributed by atoms with E-state index in [1.807, 2.05) is 24.3 Å². The van der Waals surface area contributed by atoms with Crippen LogP contribution in [-0.4, -0.2) is 11.2 Å². The molecule has 94 valence electrons. The van der Waals surface area contributed by atoms with Crippen molar-refractivity contribution in [2.75, 3.05) is 0 Å². The van der Waals surface area contributed by atoms with Gasteiger partial charge in [-0.2, -0.15) is 0 Å². The Labute approximate surface area is 104 Å². The van der Waals surface area contributed by atoms with Crippen LogP contribution >= 0.6 is 0 Å². The maximum Gasteiger partial charge on any atom is 0.119 e. The first-order chi connectivity index (χ1) is 8.19. The number of aliphatic hydroxyl groups is 1. The van der Waals surface area contributed by atoms with Gasteiger partial charge >= 0.3 is 0 Å². The first kappa shape index (κ1) is 12.4. The summed E-state index contributed by atoms with van der Waals surface area (Å²) in [5.74, 6) is 1.49. The third kappa shape index (κ3) is 3.74. The molecule has 0 amide bonds. The molecule has 2 unspecified atom stereocenters. The average Bonchev–Trinajstić information content (AvgIpc) is 3.13. The molecular weight excluding hydrogens is 212 g/mol. The predicted octanol–water partition coefficient (Wildman–Crippen LogP) is 3.70. The first-order valence-electron chi connectivity index (χ1n) is 6.63. The summed E-state index contributed by atoms with van der Waals surface area (Å²) in [6.07, 6.45) is 4.39. The smallest absolute Gasteiger partial charge is 0.119 e. The van der Waals surface area contributed by atoms with Gasteiger partial charge in [-0.1, -0.05) is 32.4 Å². The fraction of sp³-hybridized carbons (Fsp3) is 0.600. The highest BCUT2D eigenvalue weighted by molar-refractivity contribution is 5.29. The topological polar surface area (TPSA) is 29.5 Å². The summed E-state index contributed by atoms with van der Waals surface area (Å²) in [5.41, 5.74) is 0.994. The van der Waals surface area contributed by atoms with Gasteiger partial charge in [-0.25, -0.2) is 0 Å². The molecule has 2 atom stereocenters. The molecule has 1 N–H and O–H groups in total. The number of hydrogen-bond donors (Lipinski definition) is 1. The molecule has 0 saturated heterocycles. The van der Waals surface area contributed by atoms with Gasteiger partial charge in [-0.3, -0.25) is 0 Å². The molecule has 2 heteroatoms. The van der Waals surface area contributed by atoms with Crippen LogP contribution in [0.4, 0.5) is 0 Å². The molecule has 1 aromatic carbocycles. The van der Waals surface area contributed by atoms with Gasteiger partial charge in [0.15, 0.2) is 0 Å². The minimum Gasteiger partial charge on any atom is -0.490 e. The van der Waals surface area contributed by atoms with E-state index in [0.717, 1.165) is 24.2 Å². The minimum atomic E-state index is -0.347. The summed E-state index contributed by atoms with van der Waals surface area (Å²) in [5, 5.41) is 10.1. The van der Waals surface area contributed by atoms with E-state index < -0.39 is 0 Å². The second-order valence-electron chi connectivity index (χ2n) is 5.15. The Bertz CT molecular complexity index is 340. The summed E-state index contributed by atoms with van der Waals surface area (Å²) in [4.78, 5) is 0. The Morgan fingerprint density at radius 3 is 2.47 bits per heavy atom. The van der Waals surface area contributed by atoms with Gasteiger partial charge in [-0.15, -0.1) is 0 Å². The third-order valence-corrected chi connectivity index (χ3v) is 3.41. The van der Waals surface area contributed by atoms with Crippen molar-refractivity contribution in [3.05, 3.63) is 29.8 Å². The lowest BCUT2D eigenvalue weighted by Gasteiger charge is -2.15. The normalized spacial score (nSPS) is 18.8. The van der Waals surface area contributed by atoms with E-state index in [4.69, 9.17) is 4.74 Å². The summed E-state index contributed by atoms with van der Waals surface area (Å²) in [6.45, 7) is 4.33. The van der Waals surface area contributed by atoms with Gasteiger partial charge in [0, 0.05) is 0 Å². The lowest BCUT2D eigenvalue weighted by atomic mass is 9.96. The van der Waals surface area contributed by atoms with Gasteiger partial charge in [0.05, 0.1) is 12.2 Å². The van der Waals surface area contributed by atoms with E-state index in [9.17, 15) is 5.11 Å². The van der Waals surface area contributed by atoms with Crippen LogP contribution in [0.15, 0.2) is 24.3 Å². The summed E-state index contributed by atoms with van der Waals surface area (Å²) >= 11 is 0. The highest BCUT2D eigenvalue weighted by atomic mass is 16.5. The molecule has 0 spiro atoms. The van der Waals surface area contributed by atoms with Crippen LogP contribution in [0.25, 0.3) is 0 Å². The SMILES string of the molecule is CCC(C)CC(O)c1ccc(OC2CC2)cc1. The molecule has 1 aliphatic carbocycles. The average molecular weight is 234 g/mol. The molecule has 0 aliphatic heterocycles. The predicted molar refractivity (Wildman–Crippen MR) is 69.1 cm³/mol. The minimum absolute atomic E-state index is 0.347. The lowest BCUT2D eigenvalue weighted by Crippen LogP contribution is -2.04. The van der Waals surface area contributed by atoms with Gasteiger partial charge in [0.2, 0.25) is 0 Å². The number of hydrogen-bond acceptors (Lipinski definition) is 2. The summed E-state index contributed by atoms with van der Waals surface area (Å²) < 4.78 is 5.68. The van der Waals surface area contributed by atoms with Crippen molar-refractivity contribution in [2.24, 2.45) is 5.92 Å². The third-order valence-electron chi connectivity index (χ3n) is 3.41. The standard InChI is InChI=1S/C15H22O2/c1-3-11(2)10-15(16)12-4-6-13(7-5-12)17-14-8-9-14/h4-7,11,14-16H,3,8-10H2,1-2H3. The largest absolute Gasteiger partial charge is 0.490 e. The number of ether oxygens (including phenoxy) is 1. The van der Waals surface area contributed by atoms with Crippen LogP contribution in [0.5, 0.6) is 5.75 Å². The van der Waals surface area contributed by atoms with E-state index in [1.54, 1.807) is 0 Å². The second-order valence-corrected chi connectivity index (χ2v) is 5.15. The maximum absolute atomic E-state index is 10.1. The van der Waals surface area contributed by atoms with E-state index >= 15 is 0 Å². The van der Waals surface area contributed by atoms with E-state index in [1.165, 1.54) is 12.8 Å². The molecule has 0 aromatic heterocycles. The van der Waals surface area contributed by atoms with Crippen molar-refractivity contribution in [3.63, 3.8) is 0 Å². The molecule has 1 aromatic rings. The van der Waals surface area contributed by atoms with E-state index in [-0.39, 0.29) is 6.10 Å². The molecule has 17 heavy (non-hydrogen) atoms. The first-order valence-corrected chi connectivity index (χ1v) is 6.63. The molecule has 0 radical (unpaired) electrons.